The highest BCUT2D eigenvalue weighted by molar-refractivity contribution is 7.16. The fourth-order valence-corrected chi connectivity index (χ4v) is 5.54. The van der Waals surface area contributed by atoms with E-state index in [0.717, 1.165) is 59.5 Å². The molecule has 0 aliphatic carbocycles. The van der Waals surface area contributed by atoms with Crippen LogP contribution in [0.3, 0.4) is 0 Å². The van der Waals surface area contributed by atoms with Crippen molar-refractivity contribution in [3.05, 3.63) is 76.7 Å². The van der Waals surface area contributed by atoms with Crippen LogP contribution in [0, 0.1) is 6.92 Å². The average molecular weight is 676 g/mol. The molecule has 40 heavy (non-hydrogen) atoms. The van der Waals surface area contributed by atoms with Crippen molar-refractivity contribution >= 4 is 45.6 Å². The second-order valence-corrected chi connectivity index (χ2v) is 11.5. The highest BCUT2D eigenvalue weighted by Gasteiger charge is 2.33. The van der Waals surface area contributed by atoms with Crippen molar-refractivity contribution in [1.29, 1.82) is 0 Å². The van der Waals surface area contributed by atoms with Crippen LogP contribution in [0.5, 0.6) is 0 Å². The first-order valence-corrected chi connectivity index (χ1v) is 13.9. The first-order chi connectivity index (χ1) is 18.8. The van der Waals surface area contributed by atoms with Gasteiger partial charge in [-0.3, -0.25) is 4.48 Å². The van der Waals surface area contributed by atoms with E-state index in [1.165, 1.54) is 4.88 Å². The van der Waals surface area contributed by atoms with Crippen LogP contribution in [0.2, 0.25) is 0 Å². The zero-order valence-electron chi connectivity index (χ0n) is 22.9. The van der Waals surface area contributed by atoms with Crippen molar-refractivity contribution in [2.75, 3.05) is 45.3 Å². The van der Waals surface area contributed by atoms with Crippen LogP contribution in [-0.4, -0.2) is 73.3 Å². The fraction of sp³-hybridized carbons (Fsp3) is 0.345. The molecule has 0 spiro atoms. The number of quaternary nitrogens is 1. The minimum atomic E-state index is -0.809. The van der Waals surface area contributed by atoms with Crippen LogP contribution in [0.15, 0.2) is 65.7 Å². The molecule has 0 unspecified atom stereocenters. The molecule has 1 atom stereocenters. The zero-order valence-corrected chi connectivity index (χ0v) is 25.8. The Kier molecular flexibility index (Phi) is 9.69. The van der Waals surface area contributed by atoms with Crippen LogP contribution in [0.1, 0.15) is 22.9 Å². The van der Waals surface area contributed by atoms with Gasteiger partial charge in [-0.2, -0.15) is 0 Å². The molecule has 11 heteroatoms. The van der Waals surface area contributed by atoms with Gasteiger partial charge in [-0.25, -0.2) is 14.6 Å². The normalized spacial score (nSPS) is 16.1. The number of amides is 1. The van der Waals surface area contributed by atoms with Crippen LogP contribution in [0.4, 0.5) is 21.2 Å². The molecule has 1 saturated heterocycles. The predicted octanol–water partition coefficient (Wildman–Crippen LogP) is 1.77. The number of nitrogens with zero attached hydrogens (tertiary/aromatic N) is 3. The number of esters is 1. The van der Waals surface area contributed by atoms with Crippen LogP contribution < -0.4 is 34.6 Å². The molecule has 2 aliphatic heterocycles. The summed E-state index contributed by atoms with van der Waals surface area (Å²) in [5.41, 5.74) is 3.94. The Hall–Kier alpha value is -3.16. The van der Waals surface area contributed by atoms with Gasteiger partial charge in [0, 0.05) is 4.88 Å². The van der Waals surface area contributed by atoms with Gasteiger partial charge < -0.3 is 49.0 Å². The van der Waals surface area contributed by atoms with Crippen LogP contribution in [0.25, 0.3) is 0 Å². The Balaban J connectivity index is 0.00000370. The van der Waals surface area contributed by atoms with Gasteiger partial charge in [0.15, 0.2) is 0 Å². The number of aryl methyl sites for hydroxylation is 1. The summed E-state index contributed by atoms with van der Waals surface area (Å²) in [5.74, 6) is 0.465. The van der Waals surface area contributed by atoms with E-state index in [2.05, 4.69) is 41.6 Å². The standard InChI is InChI=1S/C29H33N5O4S.HI/c1-20-17-23-26(31-24-11-7-8-12-25(24)32-27(23)39-20)33-13-15-34(3,16-14-33)19-38-29(36)30-21(2)28(35)37-18-22-9-5-4-6-10-22;/h4-12,17,21H,13-16,18-19H2,1-3H3,(H-,30,31,32,36);1H/t21-;/m0./s1. The van der Waals surface area contributed by atoms with Gasteiger partial charge in [-0.05, 0) is 37.6 Å². The zero-order chi connectivity index (χ0) is 27.4. The third-order valence-electron chi connectivity index (χ3n) is 7.01. The van der Waals surface area contributed by atoms with Gasteiger partial charge in [0.05, 0.1) is 50.2 Å². The number of fused-ring (bicyclic) bond motifs is 2. The smallest absolute Gasteiger partial charge is 0.412 e. The largest absolute Gasteiger partial charge is 1.00 e. The van der Waals surface area contributed by atoms with Gasteiger partial charge in [-0.15, -0.1) is 11.3 Å². The number of carbonyl (C=O) groups excluding carboxylic acids is 2. The molecule has 1 fully saturated rings. The van der Waals surface area contributed by atoms with E-state index in [1.807, 2.05) is 48.5 Å². The van der Waals surface area contributed by atoms with E-state index in [-0.39, 0.29) is 37.3 Å². The number of thiophene rings is 1. The monoisotopic (exact) mass is 675 g/mol. The quantitative estimate of drug-likeness (QED) is 0.235. The molecule has 2 aromatic carbocycles. The minimum Gasteiger partial charge on any atom is -1.00 e. The summed E-state index contributed by atoms with van der Waals surface area (Å²) >= 11 is 1.73. The summed E-state index contributed by atoms with van der Waals surface area (Å²) < 4.78 is 11.4. The number of amidine groups is 1. The fourth-order valence-electron chi connectivity index (χ4n) is 4.62. The molecule has 1 aromatic heterocycles. The molecule has 5 rings (SSSR count). The number of nitrogens with one attached hydrogen (secondary N) is 2. The molecule has 0 saturated carbocycles. The topological polar surface area (TPSA) is 92.3 Å². The van der Waals surface area contributed by atoms with E-state index in [4.69, 9.17) is 14.5 Å². The number of ether oxygens (including phenoxy) is 2. The maximum Gasteiger partial charge on any atom is 0.412 e. The maximum atomic E-state index is 12.4. The van der Waals surface area contributed by atoms with Gasteiger partial charge in [0.2, 0.25) is 6.73 Å². The van der Waals surface area contributed by atoms with E-state index in [9.17, 15) is 9.59 Å². The number of para-hydroxylation sites is 2. The number of carbonyl (C=O) groups is 2. The van der Waals surface area contributed by atoms with Crippen molar-refractivity contribution < 1.29 is 47.5 Å². The maximum absolute atomic E-state index is 12.4. The lowest BCUT2D eigenvalue weighted by molar-refractivity contribution is -0.928. The molecule has 1 amide bonds. The molecule has 9 nitrogen and oxygen atoms in total. The Morgan fingerprint density at radius 1 is 1.10 bits per heavy atom. The van der Waals surface area contributed by atoms with E-state index in [1.54, 1.807) is 18.3 Å². The number of piperazine rings is 1. The third kappa shape index (κ3) is 7.12. The summed E-state index contributed by atoms with van der Waals surface area (Å²) in [7, 11) is 2.08. The van der Waals surface area contributed by atoms with Gasteiger partial charge in [0.25, 0.3) is 0 Å². The number of likely N-dealkylation sites (N-methyl/N-ethyl adjacent to an activating group) is 1. The summed E-state index contributed by atoms with van der Waals surface area (Å²) in [6.07, 6.45) is -0.629. The lowest BCUT2D eigenvalue weighted by Crippen LogP contribution is -3.00. The lowest BCUT2D eigenvalue weighted by atomic mass is 10.2. The molecular weight excluding hydrogens is 641 g/mol. The number of halogens is 1. The number of benzene rings is 2. The summed E-state index contributed by atoms with van der Waals surface area (Å²) in [6, 6.07) is 18.9. The highest BCUT2D eigenvalue weighted by atomic mass is 127. The number of hydrogen-bond acceptors (Lipinski definition) is 8. The first-order valence-electron chi connectivity index (χ1n) is 13.1. The van der Waals surface area contributed by atoms with Gasteiger partial charge in [-0.1, -0.05) is 42.5 Å². The van der Waals surface area contributed by atoms with Crippen molar-refractivity contribution in [1.82, 2.24) is 10.2 Å². The number of rotatable bonds is 6. The van der Waals surface area contributed by atoms with Crippen molar-refractivity contribution in [3.63, 3.8) is 0 Å². The number of anilines is 2. The van der Waals surface area contributed by atoms with Gasteiger partial charge >= 0.3 is 12.1 Å². The number of aliphatic imine (C=N–C) groups is 1. The van der Waals surface area contributed by atoms with Crippen LogP contribution in [-0.2, 0) is 20.9 Å². The first kappa shape index (κ1) is 29.8. The van der Waals surface area contributed by atoms with Crippen molar-refractivity contribution in [2.24, 2.45) is 4.99 Å². The molecule has 2 aliphatic rings. The van der Waals surface area contributed by atoms with E-state index in [0.29, 0.717) is 4.48 Å². The Morgan fingerprint density at radius 2 is 1.80 bits per heavy atom. The Morgan fingerprint density at radius 3 is 2.55 bits per heavy atom. The highest BCUT2D eigenvalue weighted by Crippen LogP contribution is 2.39. The molecule has 3 heterocycles. The Bertz CT molecular complexity index is 1370. The third-order valence-corrected chi connectivity index (χ3v) is 7.98. The van der Waals surface area contributed by atoms with Crippen LogP contribution >= 0.6 is 11.3 Å². The number of hydrogen-bond donors (Lipinski definition) is 2. The average Bonchev–Trinajstić information content (AvgIpc) is 3.23. The molecule has 2 N–H and O–H groups in total. The summed E-state index contributed by atoms with van der Waals surface area (Å²) in [4.78, 5) is 33.3. The minimum absolute atomic E-state index is 0. The summed E-state index contributed by atoms with van der Waals surface area (Å²) in [5, 5.41) is 7.25. The Labute approximate surface area is 255 Å². The molecule has 0 radical (unpaired) electrons. The lowest BCUT2D eigenvalue weighted by Gasteiger charge is -2.42. The van der Waals surface area contributed by atoms with Gasteiger partial charge in [0.1, 0.15) is 23.5 Å². The molecular formula is C29H34IN5O4S. The predicted molar refractivity (Wildman–Crippen MR) is 153 cm³/mol. The second kappa shape index (κ2) is 13.0. The molecule has 212 valence electrons. The molecule has 0 bridgehead atoms. The van der Waals surface area contributed by atoms with E-state index >= 15 is 0 Å². The van der Waals surface area contributed by atoms with Crippen molar-refractivity contribution in [2.45, 2.75) is 26.5 Å². The number of alkyl carbamates (subject to hydrolysis) is 1. The second-order valence-electron chi connectivity index (χ2n) is 10.3. The summed E-state index contributed by atoms with van der Waals surface area (Å²) in [6.45, 7) is 7.20. The SMILES string of the molecule is Cc1cc2c(s1)Nc1ccccc1N=C2N1CC[N+](C)(COC(=O)N[C@@H](C)C(=O)OCc2ccccc2)CC1.[I-]. The molecule has 3 aromatic rings. The van der Waals surface area contributed by atoms with Crippen molar-refractivity contribution in [3.8, 4) is 0 Å². The van der Waals surface area contributed by atoms with E-state index < -0.39 is 18.1 Å².